The van der Waals surface area contributed by atoms with Gasteiger partial charge >= 0.3 is 0 Å². The molecule has 1 heterocycles. The van der Waals surface area contributed by atoms with Gasteiger partial charge in [-0.15, -0.1) is 11.6 Å². The Morgan fingerprint density at radius 2 is 2.19 bits per heavy atom. The standard InChI is InChI=1S/C13H16ClNO/c1-8(2)5-11(14)9-3-4-12-10(6-9)7-13(16)15-12/h3-4,6,8,11H,5,7H2,1-2H3,(H,15,16). The summed E-state index contributed by atoms with van der Waals surface area (Å²) in [6.45, 7) is 4.32. The van der Waals surface area contributed by atoms with Crippen molar-refractivity contribution < 1.29 is 4.79 Å². The molecule has 0 aromatic heterocycles. The van der Waals surface area contributed by atoms with Crippen molar-refractivity contribution in [3.63, 3.8) is 0 Å². The lowest BCUT2D eigenvalue weighted by atomic mass is 10.00. The third-order valence-electron chi connectivity index (χ3n) is 2.79. The van der Waals surface area contributed by atoms with Crippen molar-refractivity contribution in [3.8, 4) is 0 Å². The molecule has 0 spiro atoms. The summed E-state index contributed by atoms with van der Waals surface area (Å²) in [4.78, 5) is 11.2. The first kappa shape index (κ1) is 11.5. The van der Waals surface area contributed by atoms with Crippen LogP contribution in [0.1, 0.15) is 36.8 Å². The number of halogens is 1. The van der Waals surface area contributed by atoms with Crippen LogP contribution in [0.2, 0.25) is 0 Å². The normalized spacial score (nSPS) is 16.1. The highest BCUT2D eigenvalue weighted by molar-refractivity contribution is 6.20. The summed E-state index contributed by atoms with van der Waals surface area (Å²) in [5.41, 5.74) is 3.12. The van der Waals surface area contributed by atoms with Gasteiger partial charge in [0, 0.05) is 5.69 Å². The first-order valence-corrected chi connectivity index (χ1v) is 6.06. The third kappa shape index (κ3) is 2.38. The molecular weight excluding hydrogens is 222 g/mol. The average Bonchev–Trinajstić information content (AvgIpc) is 2.55. The number of amides is 1. The largest absolute Gasteiger partial charge is 0.326 e. The van der Waals surface area contributed by atoms with Crippen LogP contribution in [0.15, 0.2) is 18.2 Å². The van der Waals surface area contributed by atoms with E-state index in [2.05, 4.69) is 19.2 Å². The monoisotopic (exact) mass is 237 g/mol. The number of hydrogen-bond donors (Lipinski definition) is 1. The lowest BCUT2D eigenvalue weighted by Gasteiger charge is -2.13. The number of alkyl halides is 1. The lowest BCUT2D eigenvalue weighted by molar-refractivity contribution is -0.115. The second-order valence-electron chi connectivity index (χ2n) is 4.74. The van der Waals surface area contributed by atoms with Crippen molar-refractivity contribution >= 4 is 23.2 Å². The fourth-order valence-corrected chi connectivity index (χ4v) is 2.49. The number of carbonyl (C=O) groups is 1. The maximum atomic E-state index is 11.2. The molecule has 1 aliphatic rings. The Kier molecular flexibility index (Phi) is 3.20. The van der Waals surface area contributed by atoms with Crippen LogP contribution in [0.5, 0.6) is 0 Å². The van der Waals surface area contributed by atoms with E-state index >= 15 is 0 Å². The fraction of sp³-hybridized carbons (Fsp3) is 0.462. The quantitative estimate of drug-likeness (QED) is 0.801. The number of fused-ring (bicyclic) bond motifs is 1. The van der Waals surface area contributed by atoms with Crippen LogP contribution in [0.25, 0.3) is 0 Å². The Bertz CT molecular complexity index is 414. The highest BCUT2D eigenvalue weighted by atomic mass is 35.5. The summed E-state index contributed by atoms with van der Waals surface area (Å²) in [5, 5.41) is 2.86. The zero-order valence-corrected chi connectivity index (χ0v) is 10.3. The van der Waals surface area contributed by atoms with E-state index in [1.165, 1.54) is 0 Å². The molecule has 3 heteroatoms. The Morgan fingerprint density at radius 3 is 2.88 bits per heavy atom. The Hall–Kier alpha value is -1.02. The minimum atomic E-state index is 0.0426. The van der Waals surface area contributed by atoms with Crippen molar-refractivity contribution in [1.82, 2.24) is 0 Å². The molecule has 16 heavy (non-hydrogen) atoms. The van der Waals surface area contributed by atoms with Gasteiger partial charge in [0.25, 0.3) is 0 Å². The minimum Gasteiger partial charge on any atom is -0.326 e. The molecule has 1 aliphatic heterocycles. The van der Waals surface area contributed by atoms with Crippen LogP contribution in [-0.4, -0.2) is 5.91 Å². The van der Waals surface area contributed by atoms with Gasteiger partial charge in [-0.05, 0) is 29.5 Å². The van der Waals surface area contributed by atoms with Crippen LogP contribution >= 0.6 is 11.6 Å². The molecule has 1 atom stereocenters. The average molecular weight is 238 g/mol. The van der Waals surface area contributed by atoms with E-state index in [1.807, 2.05) is 18.2 Å². The molecule has 0 fully saturated rings. The van der Waals surface area contributed by atoms with E-state index in [4.69, 9.17) is 11.6 Å². The zero-order chi connectivity index (χ0) is 11.7. The Labute approximate surface area is 101 Å². The van der Waals surface area contributed by atoms with Crippen molar-refractivity contribution in [2.45, 2.75) is 32.1 Å². The molecule has 2 nitrogen and oxygen atoms in total. The molecule has 0 saturated carbocycles. The molecule has 1 aromatic carbocycles. The van der Waals surface area contributed by atoms with E-state index in [-0.39, 0.29) is 11.3 Å². The van der Waals surface area contributed by atoms with Crippen LogP contribution < -0.4 is 5.32 Å². The highest BCUT2D eigenvalue weighted by Crippen LogP contribution is 2.32. The Morgan fingerprint density at radius 1 is 1.44 bits per heavy atom. The van der Waals surface area contributed by atoms with E-state index < -0.39 is 0 Å². The van der Waals surface area contributed by atoms with Crippen LogP contribution in [0.4, 0.5) is 5.69 Å². The Balaban J connectivity index is 2.19. The van der Waals surface area contributed by atoms with Gasteiger partial charge in [-0.2, -0.15) is 0 Å². The van der Waals surface area contributed by atoms with Gasteiger partial charge in [-0.25, -0.2) is 0 Å². The minimum absolute atomic E-state index is 0.0426. The van der Waals surface area contributed by atoms with Crippen molar-refractivity contribution in [1.29, 1.82) is 0 Å². The van der Waals surface area contributed by atoms with E-state index in [0.29, 0.717) is 12.3 Å². The maximum absolute atomic E-state index is 11.2. The van der Waals surface area contributed by atoms with Gasteiger partial charge in [0.2, 0.25) is 5.91 Å². The van der Waals surface area contributed by atoms with Crippen LogP contribution in [0, 0.1) is 5.92 Å². The van der Waals surface area contributed by atoms with E-state index in [0.717, 1.165) is 23.2 Å². The molecule has 86 valence electrons. The maximum Gasteiger partial charge on any atom is 0.228 e. The fourth-order valence-electron chi connectivity index (χ4n) is 1.99. The number of anilines is 1. The predicted molar refractivity (Wildman–Crippen MR) is 66.8 cm³/mol. The summed E-state index contributed by atoms with van der Waals surface area (Å²) in [6, 6.07) is 6.00. The summed E-state index contributed by atoms with van der Waals surface area (Å²) < 4.78 is 0. The first-order valence-electron chi connectivity index (χ1n) is 5.63. The number of rotatable bonds is 3. The molecule has 1 N–H and O–H groups in total. The lowest BCUT2D eigenvalue weighted by Crippen LogP contribution is -2.03. The molecular formula is C13H16ClNO. The first-order chi connectivity index (χ1) is 7.56. The summed E-state index contributed by atoms with van der Waals surface area (Å²) in [6.07, 6.45) is 1.44. The van der Waals surface area contributed by atoms with Crippen molar-refractivity contribution in [3.05, 3.63) is 29.3 Å². The highest BCUT2D eigenvalue weighted by Gasteiger charge is 2.19. The van der Waals surface area contributed by atoms with Crippen molar-refractivity contribution in [2.24, 2.45) is 5.92 Å². The summed E-state index contributed by atoms with van der Waals surface area (Å²) in [7, 11) is 0. The topological polar surface area (TPSA) is 29.1 Å². The van der Waals surface area contributed by atoms with Gasteiger partial charge in [-0.1, -0.05) is 26.0 Å². The smallest absolute Gasteiger partial charge is 0.228 e. The van der Waals surface area contributed by atoms with Crippen LogP contribution in [-0.2, 0) is 11.2 Å². The summed E-state index contributed by atoms with van der Waals surface area (Å²) >= 11 is 6.33. The second-order valence-corrected chi connectivity index (χ2v) is 5.27. The molecule has 1 unspecified atom stereocenters. The molecule has 1 amide bonds. The SMILES string of the molecule is CC(C)CC(Cl)c1ccc2c(c1)CC(=O)N2. The number of carbonyl (C=O) groups excluding carboxylic acids is 1. The molecule has 0 aliphatic carbocycles. The second kappa shape index (κ2) is 4.46. The van der Waals surface area contributed by atoms with Gasteiger partial charge in [0.1, 0.15) is 0 Å². The summed E-state index contributed by atoms with van der Waals surface area (Å²) in [5.74, 6) is 0.651. The molecule has 0 radical (unpaired) electrons. The molecule has 0 saturated heterocycles. The third-order valence-corrected chi connectivity index (χ3v) is 3.22. The van der Waals surface area contributed by atoms with Gasteiger partial charge in [-0.3, -0.25) is 4.79 Å². The molecule has 2 rings (SSSR count). The molecule has 0 bridgehead atoms. The molecule has 1 aromatic rings. The van der Waals surface area contributed by atoms with Gasteiger partial charge in [0.05, 0.1) is 11.8 Å². The van der Waals surface area contributed by atoms with E-state index in [9.17, 15) is 4.79 Å². The van der Waals surface area contributed by atoms with Crippen molar-refractivity contribution in [2.75, 3.05) is 5.32 Å². The van der Waals surface area contributed by atoms with Gasteiger partial charge in [0.15, 0.2) is 0 Å². The number of nitrogens with one attached hydrogen (secondary N) is 1. The van der Waals surface area contributed by atoms with Gasteiger partial charge < -0.3 is 5.32 Å². The number of benzene rings is 1. The number of hydrogen-bond acceptors (Lipinski definition) is 1. The predicted octanol–water partition coefficient (Wildman–Crippen LogP) is 3.51. The van der Waals surface area contributed by atoms with Crippen LogP contribution in [0.3, 0.4) is 0 Å². The van der Waals surface area contributed by atoms with E-state index in [1.54, 1.807) is 0 Å². The zero-order valence-electron chi connectivity index (χ0n) is 9.59.